The van der Waals surface area contributed by atoms with E-state index < -0.39 is 0 Å². The van der Waals surface area contributed by atoms with Crippen molar-refractivity contribution in [3.63, 3.8) is 0 Å². The third kappa shape index (κ3) is 3.19. The van der Waals surface area contributed by atoms with Crippen LogP contribution in [-0.4, -0.2) is 20.8 Å². The molecular formula is C12H13N5OS. The molecule has 0 radical (unpaired) electrons. The van der Waals surface area contributed by atoms with Crippen molar-refractivity contribution >= 4 is 17.6 Å². The largest absolute Gasteiger partial charge is 0.384 e. The number of nitrogens with zero attached hydrogens (tertiary/aromatic N) is 2. The predicted octanol–water partition coefficient (Wildman–Crippen LogP) is 1.22. The van der Waals surface area contributed by atoms with Crippen molar-refractivity contribution in [2.45, 2.75) is 24.0 Å². The van der Waals surface area contributed by atoms with Gasteiger partial charge in [-0.3, -0.25) is 10.2 Å². The minimum Gasteiger partial charge on any atom is -0.384 e. The topological polar surface area (TPSA) is 109 Å². The summed E-state index contributed by atoms with van der Waals surface area (Å²) in [4.78, 5) is 22.6. The van der Waals surface area contributed by atoms with Gasteiger partial charge in [0.15, 0.2) is 5.16 Å². The van der Waals surface area contributed by atoms with Crippen LogP contribution >= 0.6 is 11.8 Å². The van der Waals surface area contributed by atoms with E-state index in [9.17, 15) is 4.79 Å². The summed E-state index contributed by atoms with van der Waals surface area (Å²) in [7, 11) is 0. The van der Waals surface area contributed by atoms with Gasteiger partial charge in [0.2, 0.25) is 0 Å². The number of H-pyrrole nitrogens is 1. The molecule has 2 aromatic heterocycles. The molecule has 0 bridgehead atoms. The second kappa shape index (κ2) is 5.23. The Bertz CT molecular complexity index is 695. The van der Waals surface area contributed by atoms with Crippen LogP contribution in [0.3, 0.4) is 0 Å². The number of hydrogen-bond acceptors (Lipinski definition) is 5. The first-order chi connectivity index (χ1) is 8.95. The Balaban J connectivity index is 2.45. The van der Waals surface area contributed by atoms with Crippen LogP contribution in [0, 0.1) is 19.3 Å². The molecule has 2 rings (SSSR count). The number of amidine groups is 1. The molecule has 0 aromatic carbocycles. The van der Waals surface area contributed by atoms with Gasteiger partial charge in [-0.1, -0.05) is 0 Å². The summed E-state index contributed by atoms with van der Waals surface area (Å²) >= 11 is 1.19. The first-order valence-electron chi connectivity index (χ1n) is 5.53. The molecule has 2 aromatic rings. The van der Waals surface area contributed by atoms with Crippen LogP contribution in [-0.2, 0) is 0 Å². The van der Waals surface area contributed by atoms with Gasteiger partial charge in [0.25, 0.3) is 5.56 Å². The molecule has 0 fully saturated rings. The van der Waals surface area contributed by atoms with Crippen molar-refractivity contribution in [2.24, 2.45) is 5.73 Å². The van der Waals surface area contributed by atoms with Crippen molar-refractivity contribution in [3.05, 3.63) is 45.5 Å². The van der Waals surface area contributed by atoms with Crippen LogP contribution in [0.15, 0.2) is 33.2 Å². The lowest BCUT2D eigenvalue weighted by Crippen LogP contribution is -2.14. The molecule has 7 heteroatoms. The number of aromatic amines is 1. The standard InChI is InChI=1S/C12H13N5OS/c1-6-3-4-8(10(13)14)11(15-6)19-12-16-7(2)5-9(18)17-12/h3-5H,1-2H3,(H3,13,14)(H,16,17,18). The normalized spacial score (nSPS) is 10.4. The first kappa shape index (κ1) is 13.3. The van der Waals surface area contributed by atoms with E-state index in [0.29, 0.717) is 21.4 Å². The Morgan fingerprint density at radius 2 is 2.05 bits per heavy atom. The van der Waals surface area contributed by atoms with Gasteiger partial charge in [0.1, 0.15) is 10.9 Å². The summed E-state index contributed by atoms with van der Waals surface area (Å²) in [5, 5.41) is 8.52. The Hall–Kier alpha value is -2.15. The summed E-state index contributed by atoms with van der Waals surface area (Å²) < 4.78 is 0. The lowest BCUT2D eigenvalue weighted by molar-refractivity contribution is 0.900. The van der Waals surface area contributed by atoms with Crippen LogP contribution < -0.4 is 11.3 Å². The zero-order valence-corrected chi connectivity index (χ0v) is 11.3. The average Bonchev–Trinajstić information content (AvgIpc) is 2.26. The summed E-state index contributed by atoms with van der Waals surface area (Å²) in [6.07, 6.45) is 0. The number of nitrogen functional groups attached to an aromatic ring is 1. The molecule has 0 aliphatic heterocycles. The molecule has 98 valence electrons. The van der Waals surface area contributed by atoms with Crippen LogP contribution in [0.5, 0.6) is 0 Å². The molecule has 0 atom stereocenters. The summed E-state index contributed by atoms with van der Waals surface area (Å²) in [6, 6.07) is 4.94. The van der Waals surface area contributed by atoms with Gasteiger partial charge < -0.3 is 10.7 Å². The van der Waals surface area contributed by atoms with E-state index in [0.717, 1.165) is 5.69 Å². The van der Waals surface area contributed by atoms with Crippen molar-refractivity contribution in [1.29, 1.82) is 5.41 Å². The Morgan fingerprint density at radius 3 is 2.68 bits per heavy atom. The zero-order chi connectivity index (χ0) is 14.0. The minimum absolute atomic E-state index is 0.0648. The number of aromatic nitrogens is 3. The van der Waals surface area contributed by atoms with E-state index in [2.05, 4.69) is 15.0 Å². The van der Waals surface area contributed by atoms with E-state index in [4.69, 9.17) is 11.1 Å². The van der Waals surface area contributed by atoms with Gasteiger partial charge in [-0.2, -0.15) is 0 Å². The molecule has 2 heterocycles. The van der Waals surface area contributed by atoms with Crippen LogP contribution in [0.1, 0.15) is 17.0 Å². The lowest BCUT2D eigenvalue weighted by Gasteiger charge is -2.07. The van der Waals surface area contributed by atoms with Crippen molar-refractivity contribution in [3.8, 4) is 0 Å². The van der Waals surface area contributed by atoms with Gasteiger partial charge in [-0.25, -0.2) is 9.97 Å². The first-order valence-corrected chi connectivity index (χ1v) is 6.35. The molecule has 0 aliphatic rings. The Morgan fingerprint density at radius 1 is 1.32 bits per heavy atom. The maximum absolute atomic E-state index is 11.4. The quantitative estimate of drug-likeness (QED) is 0.443. The van der Waals surface area contributed by atoms with Gasteiger partial charge in [-0.15, -0.1) is 0 Å². The van der Waals surface area contributed by atoms with E-state index in [1.165, 1.54) is 17.8 Å². The minimum atomic E-state index is -0.216. The van der Waals surface area contributed by atoms with Crippen LogP contribution in [0.25, 0.3) is 0 Å². The molecule has 0 saturated heterocycles. The molecule has 0 spiro atoms. The van der Waals surface area contributed by atoms with E-state index >= 15 is 0 Å². The van der Waals surface area contributed by atoms with Crippen LogP contribution in [0.4, 0.5) is 0 Å². The number of rotatable bonds is 3. The number of nitrogens with one attached hydrogen (secondary N) is 2. The number of hydrogen-bond donors (Lipinski definition) is 3. The monoisotopic (exact) mass is 275 g/mol. The van der Waals surface area contributed by atoms with Crippen LogP contribution in [0.2, 0.25) is 0 Å². The number of aryl methyl sites for hydroxylation is 2. The number of pyridine rings is 1. The fraction of sp³-hybridized carbons (Fsp3) is 0.167. The second-order valence-corrected chi connectivity index (χ2v) is 4.99. The highest BCUT2D eigenvalue weighted by atomic mass is 32.2. The van der Waals surface area contributed by atoms with Gasteiger partial charge in [0, 0.05) is 23.0 Å². The molecular weight excluding hydrogens is 262 g/mol. The fourth-order valence-corrected chi connectivity index (χ4v) is 2.51. The highest BCUT2D eigenvalue weighted by Gasteiger charge is 2.11. The summed E-state index contributed by atoms with van der Waals surface area (Å²) in [5.41, 5.74) is 7.26. The van der Waals surface area contributed by atoms with Crippen molar-refractivity contribution < 1.29 is 0 Å². The average molecular weight is 275 g/mol. The third-order valence-corrected chi connectivity index (χ3v) is 3.22. The second-order valence-electron chi connectivity index (χ2n) is 4.01. The molecule has 6 nitrogen and oxygen atoms in total. The van der Waals surface area contributed by atoms with Gasteiger partial charge >= 0.3 is 0 Å². The SMILES string of the molecule is Cc1cc(=O)[nH]c(Sc2nc(C)ccc2C(=N)N)n1. The fourth-order valence-electron chi connectivity index (χ4n) is 1.51. The molecule has 0 saturated carbocycles. The molecule has 4 N–H and O–H groups in total. The van der Waals surface area contributed by atoms with E-state index in [1.807, 2.05) is 6.92 Å². The highest BCUT2D eigenvalue weighted by Crippen LogP contribution is 2.25. The smallest absolute Gasteiger partial charge is 0.251 e. The van der Waals surface area contributed by atoms with Gasteiger partial charge in [-0.05, 0) is 37.7 Å². The van der Waals surface area contributed by atoms with Crippen molar-refractivity contribution in [2.75, 3.05) is 0 Å². The van der Waals surface area contributed by atoms with E-state index in [1.54, 1.807) is 19.1 Å². The highest BCUT2D eigenvalue weighted by molar-refractivity contribution is 7.99. The maximum atomic E-state index is 11.4. The Kier molecular flexibility index (Phi) is 3.66. The van der Waals surface area contributed by atoms with Crippen molar-refractivity contribution in [1.82, 2.24) is 15.0 Å². The zero-order valence-electron chi connectivity index (χ0n) is 10.5. The molecule has 19 heavy (non-hydrogen) atoms. The summed E-state index contributed by atoms with van der Waals surface area (Å²) in [6.45, 7) is 3.59. The Labute approximate surface area is 114 Å². The molecule has 0 unspecified atom stereocenters. The van der Waals surface area contributed by atoms with E-state index in [-0.39, 0.29) is 11.4 Å². The maximum Gasteiger partial charge on any atom is 0.251 e. The lowest BCUT2D eigenvalue weighted by atomic mass is 10.2. The molecule has 0 amide bonds. The van der Waals surface area contributed by atoms with Gasteiger partial charge in [0.05, 0.1) is 0 Å². The molecule has 0 aliphatic carbocycles. The summed E-state index contributed by atoms with van der Waals surface area (Å²) in [5.74, 6) is -0.0648. The third-order valence-electron chi connectivity index (χ3n) is 2.33. The predicted molar refractivity (Wildman–Crippen MR) is 73.7 cm³/mol. The number of nitrogens with two attached hydrogens (primary N) is 1.